The van der Waals surface area contributed by atoms with Gasteiger partial charge in [0.1, 0.15) is 10.8 Å². The van der Waals surface area contributed by atoms with Gasteiger partial charge in [-0.3, -0.25) is 4.98 Å². The zero-order valence-electron chi connectivity index (χ0n) is 11.0. The van der Waals surface area contributed by atoms with Gasteiger partial charge in [-0.1, -0.05) is 6.92 Å². The highest BCUT2D eigenvalue weighted by molar-refractivity contribution is 7.13. The number of thiazole rings is 1. The maximum absolute atomic E-state index is 12.9. The van der Waals surface area contributed by atoms with Crippen LogP contribution in [0, 0.1) is 5.82 Å². The quantitative estimate of drug-likeness (QED) is 0.704. The standard InChI is InChI=1S/C16H13FN2S/c1-2-11-7-8-18-9-14(11)16-19-15(10-20-16)12-3-5-13(17)6-4-12/h3-10H,2H2,1H3. The molecule has 0 atom stereocenters. The Morgan fingerprint density at radius 2 is 1.95 bits per heavy atom. The molecule has 0 saturated heterocycles. The first-order valence-electron chi connectivity index (χ1n) is 6.42. The third-order valence-electron chi connectivity index (χ3n) is 3.17. The van der Waals surface area contributed by atoms with Crippen LogP contribution in [-0.4, -0.2) is 9.97 Å². The smallest absolute Gasteiger partial charge is 0.125 e. The number of benzene rings is 1. The highest BCUT2D eigenvalue weighted by Crippen LogP contribution is 2.30. The van der Waals surface area contributed by atoms with Crippen LogP contribution in [0.15, 0.2) is 48.1 Å². The molecule has 0 N–H and O–H groups in total. The molecular formula is C16H13FN2S. The third kappa shape index (κ3) is 2.47. The summed E-state index contributed by atoms with van der Waals surface area (Å²) in [6, 6.07) is 8.43. The van der Waals surface area contributed by atoms with E-state index in [-0.39, 0.29) is 5.82 Å². The lowest BCUT2D eigenvalue weighted by molar-refractivity contribution is 0.628. The van der Waals surface area contributed by atoms with Crippen LogP contribution in [0.2, 0.25) is 0 Å². The molecule has 2 aromatic heterocycles. The van der Waals surface area contributed by atoms with Crippen LogP contribution in [-0.2, 0) is 6.42 Å². The first kappa shape index (κ1) is 12.9. The predicted molar refractivity (Wildman–Crippen MR) is 80.1 cm³/mol. The molecule has 0 amide bonds. The van der Waals surface area contributed by atoms with E-state index >= 15 is 0 Å². The van der Waals surface area contributed by atoms with Gasteiger partial charge in [-0.15, -0.1) is 11.3 Å². The summed E-state index contributed by atoms with van der Waals surface area (Å²) in [7, 11) is 0. The van der Waals surface area contributed by atoms with E-state index in [9.17, 15) is 4.39 Å². The minimum Gasteiger partial charge on any atom is -0.264 e. The largest absolute Gasteiger partial charge is 0.264 e. The molecule has 2 nitrogen and oxygen atoms in total. The molecule has 20 heavy (non-hydrogen) atoms. The Morgan fingerprint density at radius 1 is 1.15 bits per heavy atom. The number of nitrogens with zero attached hydrogens (tertiary/aromatic N) is 2. The molecule has 4 heteroatoms. The van der Waals surface area contributed by atoms with E-state index in [1.54, 1.807) is 29.7 Å². The highest BCUT2D eigenvalue weighted by atomic mass is 32.1. The number of rotatable bonds is 3. The summed E-state index contributed by atoms with van der Waals surface area (Å²) in [4.78, 5) is 8.83. The second-order valence-electron chi connectivity index (χ2n) is 4.43. The van der Waals surface area contributed by atoms with E-state index in [2.05, 4.69) is 16.9 Å². The Kier molecular flexibility index (Phi) is 3.56. The van der Waals surface area contributed by atoms with Crippen LogP contribution in [0.1, 0.15) is 12.5 Å². The Labute approximate surface area is 121 Å². The second kappa shape index (κ2) is 5.51. The fraction of sp³-hybridized carbons (Fsp3) is 0.125. The lowest BCUT2D eigenvalue weighted by Gasteiger charge is -2.02. The van der Waals surface area contributed by atoms with E-state index in [1.807, 2.05) is 17.6 Å². The Morgan fingerprint density at radius 3 is 2.70 bits per heavy atom. The molecule has 0 aliphatic rings. The van der Waals surface area contributed by atoms with Crippen molar-refractivity contribution in [2.24, 2.45) is 0 Å². The molecule has 0 spiro atoms. The molecule has 1 aromatic carbocycles. The normalized spacial score (nSPS) is 10.7. The fourth-order valence-electron chi connectivity index (χ4n) is 2.07. The zero-order chi connectivity index (χ0) is 13.9. The van der Waals surface area contributed by atoms with Gasteiger partial charge in [0, 0.05) is 28.9 Å². The van der Waals surface area contributed by atoms with Gasteiger partial charge in [0.15, 0.2) is 0 Å². The summed E-state index contributed by atoms with van der Waals surface area (Å²) in [5.74, 6) is -0.232. The number of hydrogen-bond donors (Lipinski definition) is 0. The summed E-state index contributed by atoms with van der Waals surface area (Å²) in [6.45, 7) is 2.12. The van der Waals surface area contributed by atoms with E-state index in [1.165, 1.54) is 17.7 Å². The van der Waals surface area contributed by atoms with Crippen LogP contribution < -0.4 is 0 Å². The second-order valence-corrected chi connectivity index (χ2v) is 5.29. The first-order valence-corrected chi connectivity index (χ1v) is 7.30. The van der Waals surface area contributed by atoms with Crippen LogP contribution in [0.25, 0.3) is 21.8 Å². The zero-order valence-corrected chi connectivity index (χ0v) is 11.8. The number of aryl methyl sites for hydroxylation is 1. The van der Waals surface area contributed by atoms with E-state index < -0.39 is 0 Å². The topological polar surface area (TPSA) is 25.8 Å². The summed E-state index contributed by atoms with van der Waals surface area (Å²) < 4.78 is 12.9. The van der Waals surface area contributed by atoms with Crippen molar-refractivity contribution in [1.82, 2.24) is 9.97 Å². The van der Waals surface area contributed by atoms with Crippen LogP contribution >= 0.6 is 11.3 Å². The molecule has 0 unspecified atom stereocenters. The van der Waals surface area contributed by atoms with Crippen molar-refractivity contribution in [3.8, 4) is 21.8 Å². The molecule has 3 rings (SSSR count). The predicted octanol–water partition coefficient (Wildman–Crippen LogP) is 4.57. The van der Waals surface area contributed by atoms with Gasteiger partial charge in [0.05, 0.1) is 5.69 Å². The maximum atomic E-state index is 12.9. The summed E-state index contributed by atoms with van der Waals surface area (Å²) in [5, 5.41) is 2.95. The van der Waals surface area contributed by atoms with Crippen molar-refractivity contribution < 1.29 is 4.39 Å². The fourth-order valence-corrected chi connectivity index (χ4v) is 2.95. The van der Waals surface area contributed by atoms with Gasteiger partial charge in [0.2, 0.25) is 0 Å². The molecule has 0 bridgehead atoms. The molecule has 0 saturated carbocycles. The number of halogens is 1. The van der Waals surface area contributed by atoms with Crippen LogP contribution in [0.5, 0.6) is 0 Å². The summed E-state index contributed by atoms with van der Waals surface area (Å²) in [6.07, 6.45) is 4.60. The average Bonchev–Trinajstić information content (AvgIpc) is 2.97. The lowest BCUT2D eigenvalue weighted by atomic mass is 10.1. The van der Waals surface area contributed by atoms with Crippen molar-refractivity contribution in [2.45, 2.75) is 13.3 Å². The molecule has 0 aliphatic carbocycles. The SMILES string of the molecule is CCc1ccncc1-c1nc(-c2ccc(F)cc2)cs1. The van der Waals surface area contributed by atoms with Gasteiger partial charge < -0.3 is 0 Å². The number of pyridine rings is 1. The van der Waals surface area contributed by atoms with Crippen molar-refractivity contribution in [3.05, 3.63) is 59.5 Å². The minimum atomic E-state index is -0.232. The van der Waals surface area contributed by atoms with E-state index in [0.717, 1.165) is 28.2 Å². The van der Waals surface area contributed by atoms with Crippen LogP contribution in [0.4, 0.5) is 4.39 Å². The van der Waals surface area contributed by atoms with Gasteiger partial charge in [-0.25, -0.2) is 9.37 Å². The van der Waals surface area contributed by atoms with Crippen molar-refractivity contribution in [2.75, 3.05) is 0 Å². The monoisotopic (exact) mass is 284 g/mol. The molecule has 100 valence electrons. The van der Waals surface area contributed by atoms with Crippen molar-refractivity contribution >= 4 is 11.3 Å². The molecular weight excluding hydrogens is 271 g/mol. The third-order valence-corrected chi connectivity index (χ3v) is 4.04. The van der Waals surface area contributed by atoms with Gasteiger partial charge in [0.25, 0.3) is 0 Å². The maximum Gasteiger partial charge on any atom is 0.125 e. The van der Waals surface area contributed by atoms with Crippen molar-refractivity contribution in [3.63, 3.8) is 0 Å². The molecule has 3 aromatic rings. The lowest BCUT2D eigenvalue weighted by Crippen LogP contribution is -1.88. The first-order chi connectivity index (χ1) is 9.78. The Balaban J connectivity index is 2.00. The van der Waals surface area contributed by atoms with Gasteiger partial charge >= 0.3 is 0 Å². The van der Waals surface area contributed by atoms with Gasteiger partial charge in [-0.05, 0) is 42.3 Å². The summed E-state index contributed by atoms with van der Waals surface area (Å²) >= 11 is 1.59. The van der Waals surface area contributed by atoms with Gasteiger partial charge in [-0.2, -0.15) is 0 Å². The minimum absolute atomic E-state index is 0.232. The average molecular weight is 284 g/mol. The number of aromatic nitrogens is 2. The van der Waals surface area contributed by atoms with E-state index in [4.69, 9.17) is 0 Å². The Hall–Kier alpha value is -2.07. The number of hydrogen-bond acceptors (Lipinski definition) is 3. The van der Waals surface area contributed by atoms with E-state index in [0.29, 0.717) is 0 Å². The molecule has 0 radical (unpaired) electrons. The molecule has 2 heterocycles. The summed E-state index contributed by atoms with van der Waals surface area (Å²) in [5.41, 5.74) is 4.11. The molecule has 0 aliphatic heterocycles. The van der Waals surface area contributed by atoms with Crippen LogP contribution in [0.3, 0.4) is 0 Å². The molecule has 0 fully saturated rings. The van der Waals surface area contributed by atoms with Crippen molar-refractivity contribution in [1.29, 1.82) is 0 Å². The highest BCUT2D eigenvalue weighted by Gasteiger charge is 2.10. The Bertz CT molecular complexity index is 719.